The maximum absolute atomic E-state index is 11.0. The monoisotopic (exact) mass is 241 g/mol. The fourth-order valence-electron chi connectivity index (χ4n) is 1.44. The van der Waals surface area contributed by atoms with Crippen molar-refractivity contribution in [2.75, 3.05) is 12.9 Å². The molecule has 1 rings (SSSR count). The maximum atomic E-state index is 11.0. The number of carboxylic acid groups (broad SMARTS) is 1. The fourth-order valence-corrected chi connectivity index (χ4v) is 2.52. The molecule has 0 saturated carbocycles. The van der Waals surface area contributed by atoms with Crippen LogP contribution in [-0.2, 0) is 14.3 Å². The van der Waals surface area contributed by atoms with Crippen LogP contribution in [0, 0.1) is 5.92 Å². The van der Waals surface area contributed by atoms with Gasteiger partial charge in [0, 0.05) is 16.6 Å². The summed E-state index contributed by atoms with van der Waals surface area (Å²) in [6.45, 7) is 1.76. The van der Waals surface area contributed by atoms with Crippen LogP contribution in [0.3, 0.4) is 0 Å². The lowest BCUT2D eigenvalue weighted by Crippen LogP contribution is -2.43. The van der Waals surface area contributed by atoms with E-state index < -0.39 is 16.6 Å². The fraction of sp³-hybridized carbons (Fsp3) is 0.455. The molecule has 1 aliphatic carbocycles. The van der Waals surface area contributed by atoms with E-state index in [4.69, 9.17) is 0 Å². The van der Waals surface area contributed by atoms with Crippen molar-refractivity contribution >= 4 is 23.7 Å². The molecule has 88 valence electrons. The Morgan fingerprint density at radius 1 is 1.50 bits per heavy atom. The van der Waals surface area contributed by atoms with E-state index in [1.54, 1.807) is 31.2 Å². The number of carbonyl (C=O) groups excluding carboxylic acids is 2. The number of allylic oxidation sites excluding steroid dienone is 2. The predicted octanol–water partition coefficient (Wildman–Crippen LogP) is 0.143. The van der Waals surface area contributed by atoms with Crippen LogP contribution in [-0.4, -0.2) is 29.5 Å². The largest absolute Gasteiger partial charge is 0.549 e. The molecule has 4 nitrogen and oxygen atoms in total. The summed E-state index contributed by atoms with van der Waals surface area (Å²) in [4.78, 5) is 22.0. The molecule has 0 aliphatic heterocycles. The van der Waals surface area contributed by atoms with E-state index in [1.807, 2.05) is 0 Å². The van der Waals surface area contributed by atoms with E-state index >= 15 is 0 Å². The Hall–Kier alpha value is -1.23. The lowest BCUT2D eigenvalue weighted by atomic mass is 9.89. The predicted molar refractivity (Wildman–Crippen MR) is 59.7 cm³/mol. The molecule has 0 aromatic heterocycles. The van der Waals surface area contributed by atoms with E-state index in [9.17, 15) is 14.7 Å². The van der Waals surface area contributed by atoms with Crippen LogP contribution >= 0.6 is 11.8 Å². The highest BCUT2D eigenvalue weighted by molar-refractivity contribution is 8.01. The van der Waals surface area contributed by atoms with Gasteiger partial charge in [0.2, 0.25) is 0 Å². The zero-order valence-electron chi connectivity index (χ0n) is 9.14. The Balaban J connectivity index is 2.73. The lowest BCUT2D eigenvalue weighted by molar-refractivity contribution is -0.310. The summed E-state index contributed by atoms with van der Waals surface area (Å²) in [5.41, 5.74) is 0. The Bertz CT molecular complexity index is 348. The first-order valence-corrected chi connectivity index (χ1v) is 5.76. The first-order chi connectivity index (χ1) is 7.49. The van der Waals surface area contributed by atoms with Crippen LogP contribution in [0.2, 0.25) is 0 Å². The molecule has 0 amide bonds. The van der Waals surface area contributed by atoms with Crippen LogP contribution < -0.4 is 5.11 Å². The second-order valence-electron chi connectivity index (χ2n) is 3.59. The topological polar surface area (TPSA) is 66.4 Å². The van der Waals surface area contributed by atoms with Crippen molar-refractivity contribution < 1.29 is 19.4 Å². The molecule has 2 unspecified atom stereocenters. The van der Waals surface area contributed by atoms with Gasteiger partial charge in [-0.3, -0.25) is 4.79 Å². The van der Waals surface area contributed by atoms with Gasteiger partial charge in [0.05, 0.1) is 12.9 Å². The molecule has 0 N–H and O–H groups in total. The molecular formula is C11H13O4S-. The highest BCUT2D eigenvalue weighted by Crippen LogP contribution is 2.37. The van der Waals surface area contributed by atoms with Gasteiger partial charge in [-0.25, -0.2) is 0 Å². The van der Waals surface area contributed by atoms with Gasteiger partial charge in [-0.1, -0.05) is 24.3 Å². The summed E-state index contributed by atoms with van der Waals surface area (Å²) in [7, 11) is 1.30. The Kier molecular flexibility index (Phi) is 4.18. The van der Waals surface area contributed by atoms with Gasteiger partial charge in [0.15, 0.2) is 0 Å². The normalized spacial score (nSPS) is 27.8. The van der Waals surface area contributed by atoms with Gasteiger partial charge in [-0.15, -0.1) is 11.8 Å². The lowest BCUT2D eigenvalue weighted by Gasteiger charge is -2.34. The van der Waals surface area contributed by atoms with E-state index in [0.29, 0.717) is 0 Å². The van der Waals surface area contributed by atoms with Crippen LogP contribution in [0.5, 0.6) is 0 Å². The van der Waals surface area contributed by atoms with Crippen molar-refractivity contribution in [2.45, 2.75) is 11.7 Å². The molecule has 0 bridgehead atoms. The van der Waals surface area contributed by atoms with Crippen LogP contribution in [0.1, 0.15) is 6.92 Å². The van der Waals surface area contributed by atoms with Crippen LogP contribution in [0.25, 0.3) is 0 Å². The number of thioether (sulfide) groups is 1. The quantitative estimate of drug-likeness (QED) is 0.655. The van der Waals surface area contributed by atoms with E-state index in [1.165, 1.54) is 18.9 Å². The Morgan fingerprint density at radius 2 is 2.19 bits per heavy atom. The van der Waals surface area contributed by atoms with E-state index in [-0.39, 0.29) is 11.7 Å². The van der Waals surface area contributed by atoms with Gasteiger partial charge in [-0.05, 0) is 6.92 Å². The molecule has 2 atom stereocenters. The van der Waals surface area contributed by atoms with E-state index in [2.05, 4.69) is 4.74 Å². The Labute approximate surface area is 98.4 Å². The third-order valence-corrected chi connectivity index (χ3v) is 3.83. The minimum Gasteiger partial charge on any atom is -0.549 e. The third-order valence-electron chi connectivity index (χ3n) is 2.44. The van der Waals surface area contributed by atoms with Crippen molar-refractivity contribution in [3.8, 4) is 0 Å². The molecule has 0 aromatic rings. The minimum atomic E-state index is -1.14. The van der Waals surface area contributed by atoms with Crippen molar-refractivity contribution in [2.24, 2.45) is 5.92 Å². The molecule has 0 aromatic carbocycles. The van der Waals surface area contributed by atoms with Crippen LogP contribution in [0.15, 0.2) is 24.3 Å². The average Bonchev–Trinajstić information content (AvgIpc) is 2.26. The molecule has 0 fully saturated rings. The highest BCUT2D eigenvalue weighted by Gasteiger charge is 2.33. The smallest absolute Gasteiger partial charge is 0.315 e. The highest BCUT2D eigenvalue weighted by atomic mass is 32.2. The zero-order chi connectivity index (χ0) is 12.2. The summed E-state index contributed by atoms with van der Waals surface area (Å²) >= 11 is 1.24. The van der Waals surface area contributed by atoms with Gasteiger partial charge in [0.25, 0.3) is 0 Å². The summed E-state index contributed by atoms with van der Waals surface area (Å²) in [6.07, 6.45) is 6.77. The first-order valence-electron chi connectivity index (χ1n) is 4.77. The van der Waals surface area contributed by atoms with E-state index in [0.717, 1.165) is 0 Å². The number of carboxylic acids is 1. The third kappa shape index (κ3) is 2.88. The molecule has 0 saturated heterocycles. The molecule has 16 heavy (non-hydrogen) atoms. The standard InChI is InChI=1S/C11H14O4S/c1-11(16-7-9(12)15-2)6-4-3-5-8(11)10(13)14/h3-6,8H,7H2,1-2H3,(H,13,14)/p-1. The minimum absolute atomic E-state index is 0.120. The van der Waals surface area contributed by atoms with Crippen molar-refractivity contribution in [3.05, 3.63) is 24.3 Å². The summed E-state index contributed by atoms with van der Waals surface area (Å²) in [6, 6.07) is 0. The number of methoxy groups -OCH3 is 1. The SMILES string of the molecule is COC(=O)CSC1(C)C=CC=CC1C(=O)[O-]. The number of carbonyl (C=O) groups is 2. The molecule has 5 heteroatoms. The van der Waals surface area contributed by atoms with Gasteiger partial charge < -0.3 is 14.6 Å². The van der Waals surface area contributed by atoms with Gasteiger partial charge in [-0.2, -0.15) is 0 Å². The van der Waals surface area contributed by atoms with Crippen LogP contribution in [0.4, 0.5) is 0 Å². The second-order valence-corrected chi connectivity index (χ2v) is 5.05. The zero-order valence-corrected chi connectivity index (χ0v) is 9.95. The molecule has 1 aliphatic rings. The molecule has 0 radical (unpaired) electrons. The number of ether oxygens (including phenoxy) is 1. The number of rotatable bonds is 4. The number of esters is 1. The van der Waals surface area contributed by atoms with Crippen molar-refractivity contribution in [1.29, 1.82) is 0 Å². The van der Waals surface area contributed by atoms with Gasteiger partial charge in [0.1, 0.15) is 0 Å². The average molecular weight is 241 g/mol. The van der Waals surface area contributed by atoms with Gasteiger partial charge >= 0.3 is 5.97 Å². The van der Waals surface area contributed by atoms with Crippen molar-refractivity contribution in [3.63, 3.8) is 0 Å². The summed E-state index contributed by atoms with van der Waals surface area (Å²) < 4.78 is 3.85. The Morgan fingerprint density at radius 3 is 2.75 bits per heavy atom. The number of hydrogen-bond donors (Lipinski definition) is 0. The first kappa shape index (κ1) is 12.8. The molecular weight excluding hydrogens is 228 g/mol. The number of hydrogen-bond acceptors (Lipinski definition) is 5. The number of aliphatic carboxylic acids is 1. The summed E-state index contributed by atoms with van der Waals surface area (Å²) in [5.74, 6) is -2.12. The maximum Gasteiger partial charge on any atom is 0.315 e. The summed E-state index contributed by atoms with van der Waals surface area (Å²) in [5, 5.41) is 11.0. The van der Waals surface area contributed by atoms with Crippen molar-refractivity contribution in [1.82, 2.24) is 0 Å². The molecule has 0 spiro atoms. The molecule has 0 heterocycles. The second kappa shape index (κ2) is 5.21.